The van der Waals surface area contributed by atoms with Gasteiger partial charge in [0, 0.05) is 4.90 Å². The lowest BCUT2D eigenvalue weighted by atomic mass is 10.3. The molecule has 0 amide bonds. The Bertz CT molecular complexity index is 384. The molecule has 0 saturated heterocycles. The van der Waals surface area contributed by atoms with Gasteiger partial charge in [0.2, 0.25) is 0 Å². The quantitative estimate of drug-likeness (QED) is 0.513. The molecule has 0 aliphatic heterocycles. The molecule has 1 atom stereocenters. The topological polar surface area (TPSA) is 52.3 Å². The summed E-state index contributed by atoms with van der Waals surface area (Å²) in [5, 5.41) is 0.251. The summed E-state index contributed by atoms with van der Waals surface area (Å²) < 4.78 is 4.91. The molecule has 16 heavy (non-hydrogen) atoms. The SMILES string of the molecule is CCOC(=O)C(C)Sc1ccc(N)c(Cl)c1. The Hall–Kier alpha value is -0.870. The van der Waals surface area contributed by atoms with Crippen LogP contribution in [-0.2, 0) is 9.53 Å². The van der Waals surface area contributed by atoms with E-state index in [1.807, 2.05) is 6.07 Å². The molecule has 0 heterocycles. The number of esters is 1. The summed E-state index contributed by atoms with van der Waals surface area (Å²) in [7, 11) is 0. The zero-order valence-electron chi connectivity index (χ0n) is 9.20. The number of halogens is 1. The smallest absolute Gasteiger partial charge is 0.319 e. The van der Waals surface area contributed by atoms with Crippen molar-refractivity contribution in [1.29, 1.82) is 0 Å². The number of hydrogen-bond donors (Lipinski definition) is 1. The average Bonchev–Trinajstić information content (AvgIpc) is 2.24. The Morgan fingerprint density at radius 1 is 1.62 bits per heavy atom. The normalized spacial score (nSPS) is 12.2. The fraction of sp³-hybridized carbons (Fsp3) is 0.364. The van der Waals surface area contributed by atoms with E-state index in [-0.39, 0.29) is 11.2 Å². The first-order valence-corrected chi connectivity index (χ1v) is 6.18. The zero-order chi connectivity index (χ0) is 12.1. The van der Waals surface area contributed by atoms with E-state index in [1.165, 1.54) is 11.8 Å². The van der Waals surface area contributed by atoms with Gasteiger partial charge in [-0.3, -0.25) is 4.79 Å². The maximum atomic E-state index is 11.4. The van der Waals surface area contributed by atoms with Gasteiger partial charge in [-0.15, -0.1) is 11.8 Å². The Labute approximate surface area is 104 Å². The number of nitrogens with two attached hydrogens (primary N) is 1. The fourth-order valence-corrected chi connectivity index (χ4v) is 2.24. The van der Waals surface area contributed by atoms with Gasteiger partial charge in [0.15, 0.2) is 0 Å². The number of ether oxygens (including phenoxy) is 1. The van der Waals surface area contributed by atoms with Crippen LogP contribution < -0.4 is 5.73 Å². The van der Waals surface area contributed by atoms with E-state index in [0.717, 1.165) is 4.90 Å². The van der Waals surface area contributed by atoms with E-state index in [4.69, 9.17) is 22.1 Å². The van der Waals surface area contributed by atoms with Gasteiger partial charge in [0.1, 0.15) is 5.25 Å². The minimum Gasteiger partial charge on any atom is -0.465 e. The van der Waals surface area contributed by atoms with Crippen LogP contribution in [0.2, 0.25) is 5.02 Å². The van der Waals surface area contributed by atoms with E-state index in [2.05, 4.69) is 0 Å². The van der Waals surface area contributed by atoms with E-state index in [0.29, 0.717) is 17.3 Å². The number of thioether (sulfide) groups is 1. The second kappa shape index (κ2) is 6.01. The van der Waals surface area contributed by atoms with Crippen LogP contribution in [0.3, 0.4) is 0 Å². The van der Waals surface area contributed by atoms with Gasteiger partial charge in [0.05, 0.1) is 17.3 Å². The van der Waals surface area contributed by atoms with Crippen LogP contribution in [0.5, 0.6) is 0 Å². The molecule has 0 aromatic heterocycles. The predicted octanol–water partition coefficient (Wildman–Crippen LogP) is 2.97. The molecule has 0 fully saturated rings. The largest absolute Gasteiger partial charge is 0.465 e. The van der Waals surface area contributed by atoms with Crippen LogP contribution >= 0.6 is 23.4 Å². The van der Waals surface area contributed by atoms with Crippen molar-refractivity contribution in [2.75, 3.05) is 12.3 Å². The molecular formula is C11H14ClNO2S. The second-order valence-electron chi connectivity index (χ2n) is 3.20. The lowest BCUT2D eigenvalue weighted by Crippen LogP contribution is -2.16. The minimum atomic E-state index is -0.250. The van der Waals surface area contributed by atoms with Crippen molar-refractivity contribution in [1.82, 2.24) is 0 Å². The second-order valence-corrected chi connectivity index (χ2v) is 5.02. The molecule has 1 rings (SSSR count). The molecule has 1 aromatic carbocycles. The molecule has 5 heteroatoms. The Balaban J connectivity index is 2.66. The van der Waals surface area contributed by atoms with Gasteiger partial charge in [-0.25, -0.2) is 0 Å². The predicted molar refractivity (Wildman–Crippen MR) is 67.8 cm³/mol. The van der Waals surface area contributed by atoms with Crippen molar-refractivity contribution in [3.05, 3.63) is 23.2 Å². The summed E-state index contributed by atoms with van der Waals surface area (Å²) in [5.41, 5.74) is 6.13. The molecule has 1 unspecified atom stereocenters. The molecule has 0 spiro atoms. The lowest BCUT2D eigenvalue weighted by molar-refractivity contribution is -0.142. The summed E-state index contributed by atoms with van der Waals surface area (Å²) in [4.78, 5) is 12.3. The van der Waals surface area contributed by atoms with Gasteiger partial charge in [0.25, 0.3) is 0 Å². The highest BCUT2D eigenvalue weighted by Crippen LogP contribution is 2.29. The number of hydrogen-bond acceptors (Lipinski definition) is 4. The third kappa shape index (κ3) is 3.61. The van der Waals surface area contributed by atoms with Crippen LogP contribution in [0.25, 0.3) is 0 Å². The average molecular weight is 260 g/mol. The molecule has 3 nitrogen and oxygen atoms in total. The van der Waals surface area contributed by atoms with Crippen molar-refractivity contribution < 1.29 is 9.53 Å². The number of nitrogen functional groups attached to an aromatic ring is 1. The first kappa shape index (κ1) is 13.2. The van der Waals surface area contributed by atoms with E-state index in [1.54, 1.807) is 26.0 Å². The van der Waals surface area contributed by atoms with Crippen molar-refractivity contribution in [3.63, 3.8) is 0 Å². The molecule has 88 valence electrons. The van der Waals surface area contributed by atoms with Crippen LogP contribution in [0.4, 0.5) is 5.69 Å². The highest BCUT2D eigenvalue weighted by atomic mass is 35.5. The molecule has 0 bridgehead atoms. The van der Waals surface area contributed by atoms with Crippen LogP contribution in [-0.4, -0.2) is 17.8 Å². The highest BCUT2D eigenvalue weighted by Gasteiger charge is 2.15. The molecule has 0 aliphatic rings. The van der Waals surface area contributed by atoms with Gasteiger partial charge in [-0.2, -0.15) is 0 Å². The number of rotatable bonds is 4. The van der Waals surface area contributed by atoms with Gasteiger partial charge in [-0.1, -0.05) is 11.6 Å². The van der Waals surface area contributed by atoms with Crippen LogP contribution in [0, 0.1) is 0 Å². The van der Waals surface area contributed by atoms with E-state index < -0.39 is 0 Å². The summed E-state index contributed by atoms with van der Waals surface area (Å²) >= 11 is 7.28. The highest BCUT2D eigenvalue weighted by molar-refractivity contribution is 8.00. The molecule has 0 saturated carbocycles. The zero-order valence-corrected chi connectivity index (χ0v) is 10.8. The third-order valence-electron chi connectivity index (χ3n) is 1.90. The van der Waals surface area contributed by atoms with Crippen molar-refractivity contribution >= 4 is 35.0 Å². The van der Waals surface area contributed by atoms with Gasteiger partial charge >= 0.3 is 5.97 Å². The Morgan fingerprint density at radius 3 is 2.88 bits per heavy atom. The molecule has 0 radical (unpaired) electrons. The standard InChI is InChI=1S/C11H14ClNO2S/c1-3-15-11(14)7(2)16-8-4-5-10(13)9(12)6-8/h4-7H,3,13H2,1-2H3. The van der Waals surface area contributed by atoms with Crippen molar-refractivity contribution in [2.24, 2.45) is 0 Å². The molecule has 1 aromatic rings. The fourth-order valence-electron chi connectivity index (χ4n) is 1.09. The summed E-state index contributed by atoms with van der Waals surface area (Å²) in [6.45, 7) is 3.98. The summed E-state index contributed by atoms with van der Waals surface area (Å²) in [5.74, 6) is -0.222. The van der Waals surface area contributed by atoms with Crippen LogP contribution in [0.15, 0.2) is 23.1 Å². The summed E-state index contributed by atoms with van der Waals surface area (Å²) in [6.07, 6.45) is 0. The molecule has 2 N–H and O–H groups in total. The Morgan fingerprint density at radius 2 is 2.31 bits per heavy atom. The first-order valence-electron chi connectivity index (χ1n) is 4.93. The Kier molecular flexibility index (Phi) is 4.96. The number of carbonyl (C=O) groups is 1. The van der Waals surface area contributed by atoms with Crippen molar-refractivity contribution in [2.45, 2.75) is 24.0 Å². The van der Waals surface area contributed by atoms with Gasteiger partial charge < -0.3 is 10.5 Å². The maximum Gasteiger partial charge on any atom is 0.319 e. The monoisotopic (exact) mass is 259 g/mol. The molecular weight excluding hydrogens is 246 g/mol. The van der Waals surface area contributed by atoms with Crippen LogP contribution in [0.1, 0.15) is 13.8 Å². The lowest BCUT2D eigenvalue weighted by Gasteiger charge is -2.10. The van der Waals surface area contributed by atoms with E-state index >= 15 is 0 Å². The first-order chi connectivity index (χ1) is 7.54. The number of carbonyl (C=O) groups excluding carboxylic acids is 1. The van der Waals surface area contributed by atoms with E-state index in [9.17, 15) is 4.79 Å². The van der Waals surface area contributed by atoms with Crippen molar-refractivity contribution in [3.8, 4) is 0 Å². The summed E-state index contributed by atoms with van der Waals surface area (Å²) in [6, 6.07) is 5.31. The molecule has 0 aliphatic carbocycles. The number of anilines is 1. The maximum absolute atomic E-state index is 11.4. The number of benzene rings is 1. The van der Waals surface area contributed by atoms with Gasteiger partial charge in [-0.05, 0) is 32.0 Å². The minimum absolute atomic E-state index is 0.222. The third-order valence-corrected chi connectivity index (χ3v) is 3.30.